The van der Waals surface area contributed by atoms with E-state index in [1.165, 1.54) is 13.2 Å². The van der Waals surface area contributed by atoms with Crippen molar-refractivity contribution in [1.82, 2.24) is 10.3 Å². The molecule has 2 N–H and O–H groups in total. The summed E-state index contributed by atoms with van der Waals surface area (Å²) in [6.07, 6.45) is 1.40. The lowest BCUT2D eigenvalue weighted by atomic mass is 10.1. The van der Waals surface area contributed by atoms with Gasteiger partial charge in [-0.25, -0.2) is 0 Å². The van der Waals surface area contributed by atoms with E-state index >= 15 is 0 Å². The Morgan fingerprint density at radius 1 is 1.53 bits per heavy atom. The molecule has 0 radical (unpaired) electrons. The number of hydrogen-bond acceptors (Lipinski definition) is 3. The molecule has 1 aromatic heterocycles. The van der Waals surface area contributed by atoms with Crippen molar-refractivity contribution in [1.29, 1.82) is 0 Å². The summed E-state index contributed by atoms with van der Waals surface area (Å²) in [6, 6.07) is 1.46. The second-order valence-corrected chi connectivity index (χ2v) is 4.38. The number of H-pyrrole nitrogens is 1. The van der Waals surface area contributed by atoms with Crippen molar-refractivity contribution in [2.45, 2.75) is 26.7 Å². The van der Waals surface area contributed by atoms with E-state index in [-0.39, 0.29) is 22.8 Å². The zero-order valence-corrected chi connectivity index (χ0v) is 11.6. The normalized spacial score (nSPS) is 10.1. The van der Waals surface area contributed by atoms with Gasteiger partial charge in [0.15, 0.2) is 11.4 Å². The van der Waals surface area contributed by atoms with Crippen LogP contribution in [0.1, 0.15) is 36.5 Å². The van der Waals surface area contributed by atoms with Crippen LogP contribution in [0.5, 0.6) is 5.75 Å². The van der Waals surface area contributed by atoms with E-state index in [9.17, 15) is 9.59 Å². The number of methoxy groups -OCH3 is 1. The maximum absolute atomic E-state index is 11.9. The third-order valence-corrected chi connectivity index (χ3v) is 2.63. The van der Waals surface area contributed by atoms with Crippen molar-refractivity contribution in [2.24, 2.45) is 0 Å². The minimum absolute atomic E-state index is 0.0463. The van der Waals surface area contributed by atoms with Crippen LogP contribution in [0, 0.1) is 0 Å². The van der Waals surface area contributed by atoms with Crippen LogP contribution in [0.3, 0.4) is 0 Å². The van der Waals surface area contributed by atoms with Gasteiger partial charge in [0.25, 0.3) is 5.91 Å². The molecule has 0 fully saturated rings. The van der Waals surface area contributed by atoms with Crippen molar-refractivity contribution >= 4 is 5.91 Å². The third-order valence-electron chi connectivity index (χ3n) is 2.63. The van der Waals surface area contributed by atoms with Gasteiger partial charge in [0.2, 0.25) is 5.43 Å². The molecular formula is C14H20N2O3. The van der Waals surface area contributed by atoms with Crippen LogP contribution in [0.25, 0.3) is 0 Å². The topological polar surface area (TPSA) is 71.2 Å². The Hall–Kier alpha value is -2.04. The van der Waals surface area contributed by atoms with Crippen LogP contribution in [0.4, 0.5) is 0 Å². The van der Waals surface area contributed by atoms with Crippen LogP contribution >= 0.6 is 0 Å². The van der Waals surface area contributed by atoms with Crippen molar-refractivity contribution in [3.63, 3.8) is 0 Å². The first-order valence-corrected chi connectivity index (χ1v) is 6.22. The molecule has 1 heterocycles. The number of aryl methyl sites for hydroxylation is 1. The molecule has 0 spiro atoms. The summed E-state index contributed by atoms with van der Waals surface area (Å²) in [5.41, 5.74) is 1.61. The van der Waals surface area contributed by atoms with Gasteiger partial charge in [0, 0.05) is 18.3 Å². The Kier molecular flexibility index (Phi) is 5.36. The summed E-state index contributed by atoms with van der Waals surface area (Å²) in [6.45, 7) is 8.04. The Bertz CT molecular complexity index is 532. The molecule has 0 bridgehead atoms. The van der Waals surface area contributed by atoms with Gasteiger partial charge in [-0.15, -0.1) is 6.58 Å². The zero-order valence-electron chi connectivity index (χ0n) is 11.6. The van der Waals surface area contributed by atoms with Crippen LogP contribution in [0.2, 0.25) is 0 Å². The molecule has 0 saturated heterocycles. The van der Waals surface area contributed by atoms with E-state index in [0.717, 1.165) is 12.0 Å². The summed E-state index contributed by atoms with van der Waals surface area (Å²) in [5.74, 6) is -0.293. The molecule has 5 nitrogen and oxygen atoms in total. The van der Waals surface area contributed by atoms with Gasteiger partial charge >= 0.3 is 0 Å². The number of carbonyl (C=O) groups excluding carboxylic acids is 1. The molecule has 0 aliphatic carbocycles. The summed E-state index contributed by atoms with van der Waals surface area (Å²) >= 11 is 0. The molecule has 104 valence electrons. The number of nitrogens with one attached hydrogen (secondary N) is 2. The Morgan fingerprint density at radius 3 is 2.74 bits per heavy atom. The van der Waals surface area contributed by atoms with Gasteiger partial charge in [-0.2, -0.15) is 0 Å². The van der Waals surface area contributed by atoms with E-state index in [0.29, 0.717) is 18.7 Å². The minimum atomic E-state index is -0.339. The van der Waals surface area contributed by atoms with Crippen LogP contribution in [0.15, 0.2) is 23.0 Å². The molecule has 0 unspecified atom stereocenters. The fourth-order valence-corrected chi connectivity index (χ4v) is 1.69. The number of pyridine rings is 1. The second-order valence-electron chi connectivity index (χ2n) is 4.38. The molecule has 5 heteroatoms. The molecule has 0 aliphatic heterocycles. The fourth-order valence-electron chi connectivity index (χ4n) is 1.69. The van der Waals surface area contributed by atoms with E-state index in [4.69, 9.17) is 4.74 Å². The maximum atomic E-state index is 11.9. The summed E-state index contributed by atoms with van der Waals surface area (Å²) in [5, 5.41) is 2.65. The Labute approximate surface area is 112 Å². The van der Waals surface area contributed by atoms with Gasteiger partial charge in [-0.3, -0.25) is 9.59 Å². The predicted octanol–water partition coefficient (Wildman–Crippen LogP) is 1.64. The number of aromatic amines is 1. The standard InChI is InChI=1S/C14H20N2O3/c1-5-15-14(18)12-13(19-4)11(17)8-10(16-12)7-6-9(2)3/h8H,2,5-7H2,1,3-4H3,(H,15,18)(H,16,17). The second kappa shape index (κ2) is 6.78. The number of aromatic nitrogens is 1. The van der Waals surface area contributed by atoms with Gasteiger partial charge in [0.05, 0.1) is 7.11 Å². The Balaban J connectivity index is 3.14. The average molecular weight is 264 g/mol. The Morgan fingerprint density at radius 2 is 2.21 bits per heavy atom. The van der Waals surface area contributed by atoms with Crippen molar-refractivity contribution in [3.8, 4) is 5.75 Å². The lowest BCUT2D eigenvalue weighted by Crippen LogP contribution is -2.27. The van der Waals surface area contributed by atoms with Gasteiger partial charge < -0.3 is 15.0 Å². The number of amides is 1. The smallest absolute Gasteiger partial charge is 0.271 e. The highest BCUT2D eigenvalue weighted by molar-refractivity contribution is 5.94. The molecule has 0 aromatic carbocycles. The summed E-state index contributed by atoms with van der Waals surface area (Å²) in [7, 11) is 1.38. The first kappa shape index (κ1) is 15.0. The van der Waals surface area contributed by atoms with Gasteiger partial charge in [0.1, 0.15) is 0 Å². The van der Waals surface area contributed by atoms with E-state index in [1.54, 1.807) is 0 Å². The first-order chi connectivity index (χ1) is 8.99. The van der Waals surface area contributed by atoms with E-state index in [2.05, 4.69) is 16.9 Å². The van der Waals surface area contributed by atoms with Crippen molar-refractivity contribution < 1.29 is 9.53 Å². The van der Waals surface area contributed by atoms with Crippen molar-refractivity contribution in [3.05, 3.63) is 39.8 Å². The number of carbonyl (C=O) groups is 1. The lowest BCUT2D eigenvalue weighted by molar-refractivity contribution is 0.0947. The molecule has 0 aliphatic rings. The predicted molar refractivity (Wildman–Crippen MR) is 74.8 cm³/mol. The third kappa shape index (κ3) is 3.98. The molecule has 1 aromatic rings. The van der Waals surface area contributed by atoms with E-state index < -0.39 is 0 Å². The number of ether oxygens (including phenoxy) is 1. The monoisotopic (exact) mass is 264 g/mol. The first-order valence-electron chi connectivity index (χ1n) is 6.22. The SMILES string of the molecule is C=C(C)CCc1cc(=O)c(OC)c(C(=O)NCC)[nH]1. The molecule has 1 amide bonds. The molecule has 19 heavy (non-hydrogen) atoms. The number of hydrogen-bond donors (Lipinski definition) is 2. The highest BCUT2D eigenvalue weighted by Crippen LogP contribution is 2.13. The molecular weight excluding hydrogens is 244 g/mol. The summed E-state index contributed by atoms with van der Waals surface area (Å²) in [4.78, 5) is 26.8. The van der Waals surface area contributed by atoms with Crippen LogP contribution < -0.4 is 15.5 Å². The van der Waals surface area contributed by atoms with Crippen LogP contribution in [-0.2, 0) is 6.42 Å². The van der Waals surface area contributed by atoms with Crippen molar-refractivity contribution in [2.75, 3.05) is 13.7 Å². The van der Waals surface area contributed by atoms with Gasteiger partial charge in [-0.05, 0) is 26.7 Å². The lowest BCUT2D eigenvalue weighted by Gasteiger charge is -2.10. The highest BCUT2D eigenvalue weighted by atomic mass is 16.5. The maximum Gasteiger partial charge on any atom is 0.271 e. The molecule has 0 atom stereocenters. The van der Waals surface area contributed by atoms with E-state index in [1.807, 2.05) is 13.8 Å². The zero-order chi connectivity index (χ0) is 14.4. The largest absolute Gasteiger partial charge is 0.491 e. The number of rotatable bonds is 6. The fraction of sp³-hybridized carbons (Fsp3) is 0.429. The average Bonchev–Trinajstić information content (AvgIpc) is 2.35. The highest BCUT2D eigenvalue weighted by Gasteiger charge is 2.16. The summed E-state index contributed by atoms with van der Waals surface area (Å²) < 4.78 is 5.00. The number of allylic oxidation sites excluding steroid dienone is 1. The van der Waals surface area contributed by atoms with Crippen LogP contribution in [-0.4, -0.2) is 24.5 Å². The minimum Gasteiger partial charge on any atom is -0.491 e. The van der Waals surface area contributed by atoms with Gasteiger partial charge in [-0.1, -0.05) is 5.57 Å². The molecule has 1 rings (SSSR count). The molecule has 0 saturated carbocycles. The quantitative estimate of drug-likeness (QED) is 0.767.